The molecule has 5 rings (SSSR count). The molecule has 2 aromatic rings. The third-order valence-electron chi connectivity index (χ3n) is 6.70. The maximum Gasteiger partial charge on any atom is 0.230 e. The van der Waals surface area contributed by atoms with Crippen molar-refractivity contribution in [3.63, 3.8) is 0 Å². The molecular formula is C20H25N3O2S. The molecular weight excluding hydrogens is 346 g/mol. The number of carbonyl (C=O) groups is 1. The van der Waals surface area contributed by atoms with E-state index in [4.69, 9.17) is 4.52 Å². The first-order valence-corrected chi connectivity index (χ1v) is 10.8. The summed E-state index contributed by atoms with van der Waals surface area (Å²) in [6, 6.07) is 4.01. The highest BCUT2D eigenvalue weighted by atomic mass is 32.1. The van der Waals surface area contributed by atoms with E-state index in [1.54, 1.807) is 11.3 Å². The first kappa shape index (κ1) is 16.5. The average molecular weight is 372 g/mol. The zero-order valence-corrected chi connectivity index (χ0v) is 15.8. The molecule has 3 unspecified atom stereocenters. The molecule has 2 aromatic heterocycles. The first-order chi connectivity index (χ1) is 12.8. The number of amides is 1. The van der Waals surface area contributed by atoms with Gasteiger partial charge in [-0.15, -0.1) is 11.3 Å². The number of aromatic nitrogens is 2. The van der Waals surface area contributed by atoms with Crippen molar-refractivity contribution in [1.29, 1.82) is 0 Å². The zero-order valence-electron chi connectivity index (χ0n) is 15.0. The van der Waals surface area contributed by atoms with Crippen molar-refractivity contribution in [3.8, 4) is 10.7 Å². The molecule has 0 radical (unpaired) electrons. The maximum absolute atomic E-state index is 12.7. The van der Waals surface area contributed by atoms with E-state index in [0.717, 1.165) is 55.0 Å². The third-order valence-corrected chi connectivity index (χ3v) is 7.57. The van der Waals surface area contributed by atoms with E-state index in [2.05, 4.69) is 15.0 Å². The summed E-state index contributed by atoms with van der Waals surface area (Å²) in [4.78, 5) is 20.4. The normalized spacial score (nSPS) is 28.8. The highest BCUT2D eigenvalue weighted by molar-refractivity contribution is 7.13. The fourth-order valence-electron chi connectivity index (χ4n) is 5.26. The van der Waals surface area contributed by atoms with Gasteiger partial charge in [0, 0.05) is 25.4 Å². The number of nitrogens with zero attached hydrogens (tertiary/aromatic N) is 3. The van der Waals surface area contributed by atoms with E-state index in [1.165, 1.54) is 25.7 Å². The SMILES string of the molecule is O=C(CC1CC2CCC1C2)N1CCC(c2nc(-c3cccs3)no2)CC1. The lowest BCUT2D eigenvalue weighted by Gasteiger charge is -2.32. The van der Waals surface area contributed by atoms with Crippen LogP contribution in [-0.2, 0) is 4.79 Å². The second-order valence-electron chi connectivity index (χ2n) is 8.23. The number of thiophene rings is 1. The highest BCUT2D eigenvalue weighted by Gasteiger charge is 2.41. The van der Waals surface area contributed by atoms with Crippen LogP contribution in [-0.4, -0.2) is 34.0 Å². The van der Waals surface area contributed by atoms with E-state index < -0.39 is 0 Å². The minimum atomic E-state index is 0.280. The topological polar surface area (TPSA) is 59.2 Å². The molecule has 1 saturated heterocycles. The smallest absolute Gasteiger partial charge is 0.230 e. The van der Waals surface area contributed by atoms with Gasteiger partial charge < -0.3 is 9.42 Å². The molecule has 26 heavy (non-hydrogen) atoms. The van der Waals surface area contributed by atoms with E-state index in [1.807, 2.05) is 17.5 Å². The molecule has 138 valence electrons. The van der Waals surface area contributed by atoms with Crippen LogP contribution in [0.25, 0.3) is 10.7 Å². The summed E-state index contributed by atoms with van der Waals surface area (Å²) in [5.74, 6) is 4.46. The van der Waals surface area contributed by atoms with Gasteiger partial charge in [-0.1, -0.05) is 17.6 Å². The fraction of sp³-hybridized carbons (Fsp3) is 0.650. The molecule has 6 heteroatoms. The lowest BCUT2D eigenvalue weighted by molar-refractivity contribution is -0.133. The quantitative estimate of drug-likeness (QED) is 0.802. The van der Waals surface area contributed by atoms with Gasteiger partial charge in [-0.3, -0.25) is 4.79 Å². The van der Waals surface area contributed by atoms with Gasteiger partial charge in [0.1, 0.15) is 0 Å². The summed E-state index contributed by atoms with van der Waals surface area (Å²) < 4.78 is 5.51. The molecule has 2 saturated carbocycles. The van der Waals surface area contributed by atoms with Crippen LogP contribution >= 0.6 is 11.3 Å². The van der Waals surface area contributed by atoms with Crippen LogP contribution in [0, 0.1) is 17.8 Å². The van der Waals surface area contributed by atoms with Gasteiger partial charge in [-0.2, -0.15) is 4.98 Å². The molecule has 0 spiro atoms. The molecule has 3 fully saturated rings. The second kappa shape index (κ2) is 6.80. The number of likely N-dealkylation sites (tertiary alicyclic amines) is 1. The van der Waals surface area contributed by atoms with Gasteiger partial charge in [-0.25, -0.2) is 0 Å². The number of fused-ring (bicyclic) bond motifs is 2. The van der Waals surface area contributed by atoms with Gasteiger partial charge in [0.2, 0.25) is 17.6 Å². The zero-order chi connectivity index (χ0) is 17.5. The minimum absolute atomic E-state index is 0.280. The molecule has 2 aliphatic carbocycles. The molecule has 2 bridgehead atoms. The molecule has 3 heterocycles. The molecule has 5 nitrogen and oxygen atoms in total. The Morgan fingerprint density at radius 1 is 1.23 bits per heavy atom. The number of hydrogen-bond acceptors (Lipinski definition) is 5. The van der Waals surface area contributed by atoms with Gasteiger partial charge in [-0.05, 0) is 61.3 Å². The Morgan fingerprint density at radius 3 is 2.81 bits per heavy atom. The van der Waals surface area contributed by atoms with Crippen LogP contribution in [0.1, 0.15) is 56.8 Å². The van der Waals surface area contributed by atoms with E-state index in [0.29, 0.717) is 17.6 Å². The van der Waals surface area contributed by atoms with Crippen LogP contribution in [0.4, 0.5) is 0 Å². The summed E-state index contributed by atoms with van der Waals surface area (Å²) >= 11 is 1.62. The van der Waals surface area contributed by atoms with Gasteiger partial charge >= 0.3 is 0 Å². The van der Waals surface area contributed by atoms with Crippen molar-refractivity contribution in [1.82, 2.24) is 15.0 Å². The number of piperidine rings is 1. The Balaban J connectivity index is 1.15. The van der Waals surface area contributed by atoms with Gasteiger partial charge in [0.05, 0.1) is 4.88 Å². The predicted molar refractivity (Wildman–Crippen MR) is 99.7 cm³/mol. The van der Waals surface area contributed by atoms with Crippen LogP contribution in [0.2, 0.25) is 0 Å². The summed E-state index contributed by atoms with van der Waals surface area (Å²) in [5.41, 5.74) is 0. The minimum Gasteiger partial charge on any atom is -0.343 e. The Labute approximate surface area is 157 Å². The van der Waals surface area contributed by atoms with Crippen LogP contribution in [0.15, 0.2) is 22.0 Å². The molecule has 0 aromatic carbocycles. The molecule has 3 atom stereocenters. The molecule has 1 amide bonds. The Morgan fingerprint density at radius 2 is 2.12 bits per heavy atom. The van der Waals surface area contributed by atoms with Gasteiger partial charge in [0.15, 0.2) is 0 Å². The van der Waals surface area contributed by atoms with E-state index in [-0.39, 0.29) is 5.92 Å². The maximum atomic E-state index is 12.7. The van der Waals surface area contributed by atoms with Crippen molar-refractivity contribution in [2.24, 2.45) is 17.8 Å². The summed E-state index contributed by atoms with van der Waals surface area (Å²) in [6.07, 6.45) is 8.05. The molecule has 0 N–H and O–H groups in total. The Kier molecular flexibility index (Phi) is 4.31. The predicted octanol–water partition coefficient (Wildman–Crippen LogP) is 4.33. The number of rotatable bonds is 4. The van der Waals surface area contributed by atoms with Crippen LogP contribution in [0.5, 0.6) is 0 Å². The van der Waals surface area contributed by atoms with Gasteiger partial charge in [0.25, 0.3) is 0 Å². The number of hydrogen-bond donors (Lipinski definition) is 0. The second-order valence-corrected chi connectivity index (χ2v) is 9.18. The lowest BCUT2D eigenvalue weighted by atomic mass is 9.86. The fourth-order valence-corrected chi connectivity index (χ4v) is 5.91. The van der Waals surface area contributed by atoms with Crippen LogP contribution in [0.3, 0.4) is 0 Å². The summed E-state index contributed by atoms with van der Waals surface area (Å²) in [6.45, 7) is 1.64. The first-order valence-electron chi connectivity index (χ1n) is 9.91. The van der Waals surface area contributed by atoms with Crippen LogP contribution < -0.4 is 0 Å². The summed E-state index contributed by atoms with van der Waals surface area (Å²) in [5, 5.41) is 6.14. The summed E-state index contributed by atoms with van der Waals surface area (Å²) in [7, 11) is 0. The highest BCUT2D eigenvalue weighted by Crippen LogP contribution is 2.49. The monoisotopic (exact) mass is 371 g/mol. The standard InChI is InChI=1S/C20H25N3O2S/c24-18(12-16-11-13-3-4-15(16)10-13)23-7-5-14(6-8-23)20-21-19(22-25-20)17-2-1-9-26-17/h1-2,9,13-16H,3-8,10-12H2. The third kappa shape index (κ3) is 3.08. The van der Waals surface area contributed by atoms with Crippen molar-refractivity contribution in [2.75, 3.05) is 13.1 Å². The van der Waals surface area contributed by atoms with Crippen molar-refractivity contribution >= 4 is 17.2 Å². The average Bonchev–Trinajstić information content (AvgIpc) is 3.45. The lowest BCUT2D eigenvalue weighted by Crippen LogP contribution is -2.39. The number of carbonyl (C=O) groups excluding carboxylic acids is 1. The van der Waals surface area contributed by atoms with E-state index >= 15 is 0 Å². The Hall–Kier alpha value is -1.69. The largest absolute Gasteiger partial charge is 0.343 e. The Bertz CT molecular complexity index is 764. The van der Waals surface area contributed by atoms with E-state index in [9.17, 15) is 4.79 Å². The van der Waals surface area contributed by atoms with Crippen molar-refractivity contribution in [3.05, 3.63) is 23.4 Å². The molecule has 3 aliphatic rings. The van der Waals surface area contributed by atoms with Crippen molar-refractivity contribution < 1.29 is 9.32 Å². The molecule has 1 aliphatic heterocycles. The van der Waals surface area contributed by atoms with Crippen molar-refractivity contribution in [2.45, 2.75) is 50.9 Å².